The van der Waals surface area contributed by atoms with Gasteiger partial charge in [-0.2, -0.15) is 13.2 Å². The van der Waals surface area contributed by atoms with E-state index in [4.69, 9.17) is 0 Å². The van der Waals surface area contributed by atoms with Gasteiger partial charge in [0.2, 0.25) is 0 Å². The van der Waals surface area contributed by atoms with Crippen LogP contribution in [0.5, 0.6) is 0 Å². The molecule has 0 radical (unpaired) electrons. The molecule has 1 aliphatic rings. The monoisotopic (exact) mass is 388 g/mol. The molecule has 2 aromatic carbocycles. The van der Waals surface area contributed by atoms with E-state index in [0.29, 0.717) is 17.0 Å². The maximum Gasteiger partial charge on any atom is 0.416 e. The Morgan fingerprint density at radius 1 is 1.07 bits per heavy atom. The molecule has 3 aromatic rings. The molecule has 0 atom stereocenters. The molecular formula is C21H19F3N2O2. The topological polar surface area (TPSA) is 55.1 Å². The maximum absolute atomic E-state index is 13.1. The summed E-state index contributed by atoms with van der Waals surface area (Å²) in [6.45, 7) is 0. The molecule has 1 N–H and O–H groups in total. The second-order valence-electron chi connectivity index (χ2n) is 7.20. The van der Waals surface area contributed by atoms with Crippen molar-refractivity contribution in [3.63, 3.8) is 0 Å². The molecule has 0 bridgehead atoms. The first-order chi connectivity index (χ1) is 13.3. The van der Waals surface area contributed by atoms with E-state index in [2.05, 4.69) is 4.98 Å². The molecule has 1 aliphatic carbocycles. The molecule has 0 spiro atoms. The van der Waals surface area contributed by atoms with Crippen molar-refractivity contribution in [2.45, 2.75) is 44.2 Å². The van der Waals surface area contributed by atoms with Gasteiger partial charge in [-0.15, -0.1) is 0 Å². The number of carboxylic acid groups (broad SMARTS) is 1. The SMILES string of the molecule is O=C(O)c1cccc(-n2c(C3CCCCC3)nc3cc(C(F)(F)F)ccc32)c1. The molecule has 0 unspecified atom stereocenters. The molecule has 1 heterocycles. The average molecular weight is 388 g/mol. The molecule has 4 rings (SSSR count). The summed E-state index contributed by atoms with van der Waals surface area (Å²) in [5, 5.41) is 9.31. The van der Waals surface area contributed by atoms with Crippen molar-refractivity contribution >= 4 is 17.0 Å². The Kier molecular flexibility index (Phi) is 4.61. The summed E-state index contributed by atoms with van der Waals surface area (Å²) in [5.41, 5.74) is 0.815. The van der Waals surface area contributed by atoms with Crippen LogP contribution in [0.2, 0.25) is 0 Å². The molecular weight excluding hydrogens is 369 g/mol. The summed E-state index contributed by atoms with van der Waals surface area (Å²) in [7, 11) is 0. The number of hydrogen-bond acceptors (Lipinski definition) is 2. The number of aromatic carboxylic acids is 1. The number of fused-ring (bicyclic) bond motifs is 1. The normalized spacial score (nSPS) is 15.8. The minimum absolute atomic E-state index is 0.126. The summed E-state index contributed by atoms with van der Waals surface area (Å²) < 4.78 is 41.2. The van der Waals surface area contributed by atoms with Gasteiger partial charge in [-0.3, -0.25) is 4.57 Å². The van der Waals surface area contributed by atoms with Crippen LogP contribution in [0.15, 0.2) is 42.5 Å². The number of alkyl halides is 3. The van der Waals surface area contributed by atoms with E-state index in [1.165, 1.54) is 18.2 Å². The summed E-state index contributed by atoms with van der Waals surface area (Å²) >= 11 is 0. The van der Waals surface area contributed by atoms with Crippen molar-refractivity contribution in [2.24, 2.45) is 0 Å². The number of carboxylic acids is 1. The van der Waals surface area contributed by atoms with Gasteiger partial charge in [-0.25, -0.2) is 9.78 Å². The van der Waals surface area contributed by atoms with E-state index >= 15 is 0 Å². The van der Waals surface area contributed by atoms with Crippen LogP contribution in [-0.2, 0) is 6.18 Å². The number of imidazole rings is 1. The smallest absolute Gasteiger partial charge is 0.416 e. The second kappa shape index (κ2) is 6.96. The van der Waals surface area contributed by atoms with E-state index in [0.717, 1.165) is 44.2 Å². The largest absolute Gasteiger partial charge is 0.478 e. The third kappa shape index (κ3) is 3.37. The van der Waals surface area contributed by atoms with Gasteiger partial charge in [0, 0.05) is 11.6 Å². The van der Waals surface area contributed by atoms with Crippen molar-refractivity contribution in [3.8, 4) is 5.69 Å². The molecule has 4 nitrogen and oxygen atoms in total. The lowest BCUT2D eigenvalue weighted by Gasteiger charge is -2.22. The molecule has 1 aromatic heterocycles. The zero-order valence-corrected chi connectivity index (χ0v) is 15.0. The quantitative estimate of drug-likeness (QED) is 0.618. The summed E-state index contributed by atoms with van der Waals surface area (Å²) in [6, 6.07) is 9.97. The highest BCUT2D eigenvalue weighted by atomic mass is 19.4. The van der Waals surface area contributed by atoms with Crippen molar-refractivity contribution < 1.29 is 23.1 Å². The molecule has 0 amide bonds. The fraction of sp³-hybridized carbons (Fsp3) is 0.333. The Morgan fingerprint density at radius 3 is 2.50 bits per heavy atom. The number of halogens is 3. The fourth-order valence-electron chi connectivity index (χ4n) is 3.96. The third-order valence-electron chi connectivity index (χ3n) is 5.33. The van der Waals surface area contributed by atoms with E-state index < -0.39 is 17.7 Å². The highest BCUT2D eigenvalue weighted by Gasteiger charge is 2.32. The Morgan fingerprint density at radius 2 is 1.82 bits per heavy atom. The van der Waals surface area contributed by atoms with Crippen LogP contribution >= 0.6 is 0 Å². The average Bonchev–Trinajstić information content (AvgIpc) is 3.07. The van der Waals surface area contributed by atoms with Gasteiger partial charge in [0.15, 0.2) is 0 Å². The molecule has 1 fully saturated rings. The van der Waals surface area contributed by atoms with Crippen molar-refractivity contribution in [1.29, 1.82) is 0 Å². The minimum Gasteiger partial charge on any atom is -0.478 e. The first-order valence-electron chi connectivity index (χ1n) is 9.28. The molecule has 0 saturated heterocycles. The Bertz CT molecular complexity index is 1030. The van der Waals surface area contributed by atoms with Gasteiger partial charge in [0.25, 0.3) is 0 Å². The maximum atomic E-state index is 13.1. The number of carbonyl (C=O) groups is 1. The predicted molar refractivity (Wildman–Crippen MR) is 98.9 cm³/mol. The van der Waals surface area contributed by atoms with Crippen molar-refractivity contribution in [3.05, 3.63) is 59.4 Å². The van der Waals surface area contributed by atoms with E-state index in [1.54, 1.807) is 12.1 Å². The van der Waals surface area contributed by atoms with Crippen LogP contribution < -0.4 is 0 Å². The molecule has 0 aliphatic heterocycles. The van der Waals surface area contributed by atoms with Crippen LogP contribution in [0.25, 0.3) is 16.7 Å². The number of aromatic nitrogens is 2. The third-order valence-corrected chi connectivity index (χ3v) is 5.33. The van der Waals surface area contributed by atoms with E-state index in [-0.39, 0.29) is 17.0 Å². The van der Waals surface area contributed by atoms with E-state index in [9.17, 15) is 23.1 Å². The van der Waals surface area contributed by atoms with Gasteiger partial charge in [0.05, 0.1) is 22.2 Å². The van der Waals surface area contributed by atoms with E-state index in [1.807, 2.05) is 4.57 Å². The van der Waals surface area contributed by atoms with Crippen LogP contribution in [0.1, 0.15) is 59.8 Å². The van der Waals surface area contributed by atoms with Crippen LogP contribution in [0.3, 0.4) is 0 Å². The highest BCUT2D eigenvalue weighted by molar-refractivity contribution is 5.88. The predicted octanol–water partition coefficient (Wildman–Crippen LogP) is 5.79. The number of benzene rings is 2. The zero-order valence-electron chi connectivity index (χ0n) is 15.0. The summed E-state index contributed by atoms with van der Waals surface area (Å²) in [4.78, 5) is 16.0. The second-order valence-corrected chi connectivity index (χ2v) is 7.20. The lowest BCUT2D eigenvalue weighted by atomic mass is 9.88. The Hall–Kier alpha value is -2.83. The van der Waals surface area contributed by atoms with Gasteiger partial charge in [-0.05, 0) is 49.2 Å². The summed E-state index contributed by atoms with van der Waals surface area (Å²) in [5.74, 6) is -0.203. The molecule has 7 heteroatoms. The molecule has 146 valence electrons. The van der Waals surface area contributed by atoms with Crippen LogP contribution in [-0.4, -0.2) is 20.6 Å². The van der Waals surface area contributed by atoms with Gasteiger partial charge in [-0.1, -0.05) is 25.3 Å². The van der Waals surface area contributed by atoms with Crippen LogP contribution in [0, 0.1) is 0 Å². The Labute approximate surface area is 159 Å². The minimum atomic E-state index is -4.44. The highest BCUT2D eigenvalue weighted by Crippen LogP contribution is 2.37. The Balaban J connectivity index is 1.93. The van der Waals surface area contributed by atoms with Gasteiger partial charge >= 0.3 is 12.1 Å². The zero-order chi connectivity index (χ0) is 19.9. The van der Waals surface area contributed by atoms with Crippen molar-refractivity contribution in [1.82, 2.24) is 9.55 Å². The number of hydrogen-bond donors (Lipinski definition) is 1. The lowest BCUT2D eigenvalue weighted by Crippen LogP contribution is -2.11. The number of nitrogens with zero attached hydrogens (tertiary/aromatic N) is 2. The van der Waals surface area contributed by atoms with Gasteiger partial charge in [0.1, 0.15) is 5.82 Å². The molecule has 28 heavy (non-hydrogen) atoms. The first-order valence-corrected chi connectivity index (χ1v) is 9.28. The summed E-state index contributed by atoms with van der Waals surface area (Å²) in [6.07, 6.45) is 0.658. The standard InChI is InChI=1S/C21H19F3N2O2/c22-21(23,24)15-9-10-18-17(12-15)25-19(13-5-2-1-3-6-13)26(18)16-8-4-7-14(11-16)20(27)28/h4,7-13H,1-3,5-6H2,(H,27,28). The lowest BCUT2D eigenvalue weighted by molar-refractivity contribution is -0.137. The number of rotatable bonds is 3. The molecule has 1 saturated carbocycles. The van der Waals surface area contributed by atoms with Crippen molar-refractivity contribution in [2.75, 3.05) is 0 Å². The fourth-order valence-corrected chi connectivity index (χ4v) is 3.96. The van der Waals surface area contributed by atoms with Gasteiger partial charge < -0.3 is 5.11 Å². The first kappa shape index (κ1) is 18.5. The van der Waals surface area contributed by atoms with Crippen LogP contribution in [0.4, 0.5) is 13.2 Å².